The van der Waals surface area contributed by atoms with Gasteiger partial charge in [-0.2, -0.15) is 0 Å². The van der Waals surface area contributed by atoms with Crippen LogP contribution in [0.25, 0.3) is 11.0 Å². The van der Waals surface area contributed by atoms with Crippen LogP contribution in [0.3, 0.4) is 0 Å². The summed E-state index contributed by atoms with van der Waals surface area (Å²) in [5, 5.41) is 4.01. The summed E-state index contributed by atoms with van der Waals surface area (Å²) in [6, 6.07) is 8.00. The highest BCUT2D eigenvalue weighted by Crippen LogP contribution is 2.30. The molecule has 2 heterocycles. The zero-order valence-corrected chi connectivity index (χ0v) is 14.5. The van der Waals surface area contributed by atoms with E-state index >= 15 is 0 Å². The molecule has 1 aliphatic rings. The minimum atomic E-state index is -0.0701. The van der Waals surface area contributed by atoms with Gasteiger partial charge in [0.15, 0.2) is 5.82 Å². The molecule has 0 radical (unpaired) electrons. The summed E-state index contributed by atoms with van der Waals surface area (Å²) in [5.41, 5.74) is 5.28. The highest BCUT2D eigenvalue weighted by atomic mass is 16.3. The fourth-order valence-electron chi connectivity index (χ4n) is 3.50. The fraction of sp³-hybridized carbons (Fsp3) is 0.300. The number of aromatic nitrogens is 1. The summed E-state index contributed by atoms with van der Waals surface area (Å²) in [6.45, 7) is 0. The van der Waals surface area contributed by atoms with Crippen LogP contribution in [0.5, 0.6) is 0 Å². The van der Waals surface area contributed by atoms with Gasteiger partial charge >= 0.3 is 0 Å². The van der Waals surface area contributed by atoms with Gasteiger partial charge in [-0.1, -0.05) is 0 Å². The Kier molecular flexibility index (Phi) is 3.92. The Hall–Kier alpha value is -2.82. The monoisotopic (exact) mass is 335 g/mol. The van der Waals surface area contributed by atoms with Crippen LogP contribution in [0.4, 0.5) is 11.5 Å². The van der Waals surface area contributed by atoms with Gasteiger partial charge in [0.2, 0.25) is 5.91 Å². The number of rotatable bonds is 4. The van der Waals surface area contributed by atoms with Gasteiger partial charge in [-0.15, -0.1) is 0 Å². The molecule has 5 nitrogen and oxygen atoms in total. The van der Waals surface area contributed by atoms with Crippen LogP contribution in [0.1, 0.15) is 23.1 Å². The molecule has 1 aliphatic carbocycles. The van der Waals surface area contributed by atoms with Crippen LogP contribution in [0, 0.1) is 0 Å². The zero-order valence-electron chi connectivity index (χ0n) is 14.5. The highest BCUT2D eigenvalue weighted by Gasteiger charge is 2.17. The van der Waals surface area contributed by atoms with E-state index in [-0.39, 0.29) is 12.3 Å². The first-order valence-corrected chi connectivity index (χ1v) is 8.56. The summed E-state index contributed by atoms with van der Waals surface area (Å²) in [4.78, 5) is 18.7. The molecule has 1 amide bonds. The molecule has 0 atom stereocenters. The van der Waals surface area contributed by atoms with E-state index in [1.54, 1.807) is 12.5 Å². The lowest BCUT2D eigenvalue weighted by Crippen LogP contribution is -2.18. The number of benzene rings is 1. The molecule has 0 spiro atoms. The maximum atomic E-state index is 12.5. The number of carbonyl (C=O) groups is 1. The average molecular weight is 335 g/mol. The number of aryl methyl sites for hydroxylation is 2. The number of furan rings is 1. The second-order valence-corrected chi connectivity index (χ2v) is 6.73. The van der Waals surface area contributed by atoms with Gasteiger partial charge in [-0.3, -0.25) is 4.79 Å². The van der Waals surface area contributed by atoms with E-state index in [1.807, 2.05) is 31.1 Å². The Morgan fingerprint density at radius 1 is 1.28 bits per heavy atom. The number of hydrogen-bond acceptors (Lipinski definition) is 4. The molecule has 3 aromatic rings. The Bertz CT molecular complexity index is 943. The van der Waals surface area contributed by atoms with Gasteiger partial charge in [-0.25, -0.2) is 4.98 Å². The van der Waals surface area contributed by atoms with Crippen molar-refractivity contribution < 1.29 is 9.21 Å². The standard InChI is InChI=1S/C20H21N3O2/c1-23(2)20-17(7-4-8-21-20)22-19(24)11-15-12-25-18-10-14-6-3-5-13(14)9-16(15)18/h4,7-10,12H,3,5-6,11H2,1-2H3,(H,22,24). The summed E-state index contributed by atoms with van der Waals surface area (Å²) in [5.74, 6) is 0.671. The lowest BCUT2D eigenvalue weighted by atomic mass is 10.0. The normalized spacial score (nSPS) is 13.0. The van der Waals surface area contributed by atoms with Gasteiger partial charge in [0, 0.05) is 31.2 Å². The van der Waals surface area contributed by atoms with Gasteiger partial charge in [0.05, 0.1) is 18.4 Å². The van der Waals surface area contributed by atoms with Crippen molar-refractivity contribution in [3.8, 4) is 0 Å². The molecule has 0 fully saturated rings. The second kappa shape index (κ2) is 6.24. The minimum Gasteiger partial charge on any atom is -0.464 e. The van der Waals surface area contributed by atoms with Crippen molar-refractivity contribution in [1.82, 2.24) is 4.98 Å². The van der Waals surface area contributed by atoms with Gasteiger partial charge in [0.1, 0.15) is 5.58 Å². The number of nitrogens with one attached hydrogen (secondary N) is 1. The van der Waals surface area contributed by atoms with Gasteiger partial charge in [-0.05, 0) is 54.7 Å². The molecule has 0 bridgehead atoms. The van der Waals surface area contributed by atoms with E-state index in [4.69, 9.17) is 4.42 Å². The third-order valence-electron chi connectivity index (χ3n) is 4.70. The van der Waals surface area contributed by atoms with Gasteiger partial charge in [0.25, 0.3) is 0 Å². The summed E-state index contributed by atoms with van der Waals surface area (Å²) in [6.07, 6.45) is 7.14. The molecule has 25 heavy (non-hydrogen) atoms. The predicted molar refractivity (Wildman–Crippen MR) is 99.1 cm³/mol. The van der Waals surface area contributed by atoms with Crippen LogP contribution < -0.4 is 10.2 Å². The number of hydrogen-bond donors (Lipinski definition) is 1. The second-order valence-electron chi connectivity index (χ2n) is 6.73. The van der Waals surface area contributed by atoms with Crippen LogP contribution in [-0.4, -0.2) is 25.0 Å². The molecule has 0 saturated carbocycles. The van der Waals surface area contributed by atoms with Crippen LogP contribution in [0.2, 0.25) is 0 Å². The Balaban J connectivity index is 1.57. The number of carbonyl (C=O) groups excluding carboxylic acids is 1. The molecular weight excluding hydrogens is 314 g/mol. The Labute approximate surface area is 146 Å². The third-order valence-corrected chi connectivity index (χ3v) is 4.70. The van der Waals surface area contributed by atoms with Crippen molar-refractivity contribution in [3.63, 3.8) is 0 Å². The van der Waals surface area contributed by atoms with Crippen LogP contribution in [-0.2, 0) is 24.1 Å². The van der Waals surface area contributed by atoms with E-state index in [2.05, 4.69) is 22.4 Å². The van der Waals surface area contributed by atoms with Crippen molar-refractivity contribution in [2.45, 2.75) is 25.7 Å². The van der Waals surface area contributed by atoms with Crippen LogP contribution in [0.15, 0.2) is 41.1 Å². The van der Waals surface area contributed by atoms with Crippen molar-refractivity contribution in [1.29, 1.82) is 0 Å². The fourth-order valence-corrected chi connectivity index (χ4v) is 3.50. The number of pyridine rings is 1. The molecule has 0 unspecified atom stereocenters. The number of anilines is 2. The number of amides is 1. The molecule has 4 rings (SSSR count). The maximum Gasteiger partial charge on any atom is 0.229 e. The molecule has 2 aromatic heterocycles. The first-order chi connectivity index (χ1) is 12.1. The zero-order chi connectivity index (χ0) is 17.4. The third kappa shape index (κ3) is 2.97. The largest absolute Gasteiger partial charge is 0.464 e. The predicted octanol–water partition coefficient (Wildman–Crippen LogP) is 3.56. The SMILES string of the molecule is CN(C)c1ncccc1NC(=O)Cc1coc2cc3c(cc12)CCC3. The first-order valence-electron chi connectivity index (χ1n) is 8.56. The topological polar surface area (TPSA) is 58.4 Å². The number of fused-ring (bicyclic) bond motifs is 2. The summed E-state index contributed by atoms with van der Waals surface area (Å²) >= 11 is 0. The van der Waals surface area contributed by atoms with Crippen molar-refractivity contribution in [3.05, 3.63) is 53.4 Å². The molecule has 5 heteroatoms. The first kappa shape index (κ1) is 15.7. The van der Waals surface area contributed by atoms with Crippen molar-refractivity contribution in [2.75, 3.05) is 24.3 Å². The number of nitrogens with zero attached hydrogens (tertiary/aromatic N) is 2. The smallest absolute Gasteiger partial charge is 0.229 e. The maximum absolute atomic E-state index is 12.5. The van der Waals surface area contributed by atoms with Crippen LogP contribution >= 0.6 is 0 Å². The Morgan fingerprint density at radius 2 is 2.08 bits per heavy atom. The van der Waals surface area contributed by atoms with E-state index < -0.39 is 0 Å². The van der Waals surface area contributed by atoms with E-state index in [0.717, 1.165) is 35.2 Å². The summed E-state index contributed by atoms with van der Waals surface area (Å²) in [7, 11) is 3.81. The van der Waals surface area contributed by atoms with Crippen molar-refractivity contribution >= 4 is 28.4 Å². The molecular formula is C20H21N3O2. The van der Waals surface area contributed by atoms with E-state index in [9.17, 15) is 4.79 Å². The molecule has 1 N–H and O–H groups in total. The molecule has 0 saturated heterocycles. The van der Waals surface area contributed by atoms with E-state index in [0.29, 0.717) is 5.69 Å². The molecule has 0 aliphatic heterocycles. The average Bonchev–Trinajstić information content (AvgIpc) is 3.20. The molecule has 128 valence electrons. The molecule has 1 aromatic carbocycles. The minimum absolute atomic E-state index is 0.0701. The lowest BCUT2D eigenvalue weighted by molar-refractivity contribution is -0.115. The summed E-state index contributed by atoms with van der Waals surface area (Å²) < 4.78 is 5.69. The van der Waals surface area contributed by atoms with Crippen molar-refractivity contribution in [2.24, 2.45) is 0 Å². The van der Waals surface area contributed by atoms with Gasteiger partial charge < -0.3 is 14.6 Å². The quantitative estimate of drug-likeness (QED) is 0.792. The Morgan fingerprint density at radius 3 is 2.88 bits per heavy atom. The lowest BCUT2D eigenvalue weighted by Gasteiger charge is -2.16. The van der Waals surface area contributed by atoms with E-state index in [1.165, 1.54) is 17.5 Å². The highest BCUT2D eigenvalue weighted by molar-refractivity contribution is 5.97.